The first-order chi connectivity index (χ1) is 12.0. The molecule has 0 atom stereocenters. The summed E-state index contributed by atoms with van der Waals surface area (Å²) in [7, 11) is -3.72. The summed E-state index contributed by atoms with van der Waals surface area (Å²) in [6, 6.07) is 13.4. The highest BCUT2D eigenvalue weighted by Gasteiger charge is 2.17. The fourth-order valence-corrected chi connectivity index (χ4v) is 3.41. The first-order valence-corrected chi connectivity index (χ1v) is 9.25. The van der Waals surface area contributed by atoms with E-state index in [-0.39, 0.29) is 4.90 Å². The second-order valence-corrected chi connectivity index (χ2v) is 6.99. The van der Waals surface area contributed by atoms with Gasteiger partial charge in [0.05, 0.1) is 17.2 Å². The van der Waals surface area contributed by atoms with Crippen LogP contribution in [-0.2, 0) is 10.0 Å². The van der Waals surface area contributed by atoms with E-state index in [2.05, 4.69) is 9.71 Å². The SMILES string of the molecule is CCOc1ccccc1NS(=O)(=O)c1ccc(-c2coc(C)n2)cc1. The largest absolute Gasteiger partial charge is 0.492 e. The molecule has 0 aliphatic heterocycles. The number of nitrogens with zero attached hydrogens (tertiary/aromatic N) is 1. The Bertz CT molecular complexity index is 963. The first kappa shape index (κ1) is 17.0. The molecule has 0 saturated heterocycles. The molecule has 0 spiro atoms. The van der Waals surface area contributed by atoms with Gasteiger partial charge in [-0.15, -0.1) is 0 Å². The molecular weight excluding hydrogens is 340 g/mol. The number of hydrogen-bond donors (Lipinski definition) is 1. The molecule has 0 aliphatic carbocycles. The van der Waals surface area contributed by atoms with Gasteiger partial charge in [0.2, 0.25) is 0 Å². The lowest BCUT2D eigenvalue weighted by Gasteiger charge is -2.12. The van der Waals surface area contributed by atoms with Gasteiger partial charge in [-0.25, -0.2) is 13.4 Å². The number of rotatable bonds is 6. The van der Waals surface area contributed by atoms with E-state index in [4.69, 9.17) is 9.15 Å². The maximum absolute atomic E-state index is 12.6. The number of anilines is 1. The van der Waals surface area contributed by atoms with Crippen molar-refractivity contribution >= 4 is 15.7 Å². The Hall–Kier alpha value is -2.80. The molecule has 0 saturated carbocycles. The minimum Gasteiger partial charge on any atom is -0.492 e. The van der Waals surface area contributed by atoms with E-state index in [0.29, 0.717) is 29.6 Å². The van der Waals surface area contributed by atoms with Crippen LogP contribution in [0.5, 0.6) is 5.75 Å². The number of oxazole rings is 1. The molecule has 0 aliphatic rings. The van der Waals surface area contributed by atoms with Crippen LogP contribution in [0.3, 0.4) is 0 Å². The number of ether oxygens (including phenoxy) is 1. The maximum atomic E-state index is 12.6. The molecule has 130 valence electrons. The van der Waals surface area contributed by atoms with Gasteiger partial charge in [0.15, 0.2) is 5.89 Å². The molecule has 2 aromatic carbocycles. The molecule has 1 N–H and O–H groups in total. The summed E-state index contributed by atoms with van der Waals surface area (Å²) >= 11 is 0. The highest BCUT2D eigenvalue weighted by molar-refractivity contribution is 7.92. The third-order valence-corrected chi connectivity index (χ3v) is 4.89. The lowest BCUT2D eigenvalue weighted by molar-refractivity contribution is 0.342. The molecule has 0 fully saturated rings. The van der Waals surface area contributed by atoms with Gasteiger partial charge >= 0.3 is 0 Å². The van der Waals surface area contributed by atoms with Gasteiger partial charge < -0.3 is 9.15 Å². The molecule has 0 unspecified atom stereocenters. The zero-order valence-corrected chi connectivity index (χ0v) is 14.7. The lowest BCUT2D eigenvalue weighted by Crippen LogP contribution is -2.13. The smallest absolute Gasteiger partial charge is 0.262 e. The van der Waals surface area contributed by atoms with Crippen LogP contribution >= 0.6 is 0 Å². The number of sulfonamides is 1. The van der Waals surface area contributed by atoms with Gasteiger partial charge in [0, 0.05) is 12.5 Å². The van der Waals surface area contributed by atoms with Crippen molar-refractivity contribution in [3.05, 3.63) is 60.7 Å². The van der Waals surface area contributed by atoms with Crippen LogP contribution in [0.15, 0.2) is 64.1 Å². The van der Waals surface area contributed by atoms with Crippen molar-refractivity contribution in [1.29, 1.82) is 0 Å². The Morgan fingerprint density at radius 2 is 1.84 bits per heavy atom. The van der Waals surface area contributed by atoms with Crippen LogP contribution in [0.25, 0.3) is 11.3 Å². The van der Waals surface area contributed by atoms with E-state index >= 15 is 0 Å². The van der Waals surface area contributed by atoms with E-state index in [9.17, 15) is 8.42 Å². The Labute approximate surface area is 146 Å². The number of hydrogen-bond acceptors (Lipinski definition) is 5. The summed E-state index contributed by atoms with van der Waals surface area (Å²) in [6.07, 6.45) is 1.54. The number of aryl methyl sites for hydroxylation is 1. The zero-order chi connectivity index (χ0) is 17.9. The van der Waals surface area contributed by atoms with Gasteiger partial charge in [-0.3, -0.25) is 4.72 Å². The van der Waals surface area contributed by atoms with Crippen molar-refractivity contribution in [2.75, 3.05) is 11.3 Å². The molecular formula is C18H18N2O4S. The third kappa shape index (κ3) is 3.83. The predicted molar refractivity (Wildman–Crippen MR) is 95.1 cm³/mol. The highest BCUT2D eigenvalue weighted by atomic mass is 32.2. The van der Waals surface area contributed by atoms with Crippen LogP contribution in [0, 0.1) is 6.92 Å². The summed E-state index contributed by atoms with van der Waals surface area (Å²) in [6.45, 7) is 4.04. The topological polar surface area (TPSA) is 81.4 Å². The Kier molecular flexibility index (Phi) is 4.76. The average molecular weight is 358 g/mol. The number of benzene rings is 2. The molecule has 0 amide bonds. The fraction of sp³-hybridized carbons (Fsp3) is 0.167. The standard InChI is InChI=1S/C18H18N2O4S/c1-3-23-18-7-5-4-6-16(18)20-25(21,22)15-10-8-14(9-11-15)17-12-24-13(2)19-17/h4-12,20H,3H2,1-2H3. The van der Waals surface area contributed by atoms with Crippen LogP contribution < -0.4 is 9.46 Å². The van der Waals surface area contributed by atoms with E-state index in [1.165, 1.54) is 18.4 Å². The number of nitrogens with one attached hydrogen (secondary N) is 1. The summed E-state index contributed by atoms with van der Waals surface area (Å²) < 4.78 is 38.4. The normalized spacial score (nSPS) is 11.3. The van der Waals surface area contributed by atoms with E-state index in [0.717, 1.165) is 5.56 Å². The summed E-state index contributed by atoms with van der Waals surface area (Å²) in [5.41, 5.74) is 1.85. The van der Waals surface area contributed by atoms with E-state index in [1.54, 1.807) is 43.3 Å². The second kappa shape index (κ2) is 6.98. The van der Waals surface area contributed by atoms with Crippen molar-refractivity contribution in [1.82, 2.24) is 4.98 Å². The average Bonchev–Trinajstić information content (AvgIpc) is 3.03. The van der Waals surface area contributed by atoms with Crippen molar-refractivity contribution in [3.8, 4) is 17.0 Å². The second-order valence-electron chi connectivity index (χ2n) is 5.31. The van der Waals surface area contributed by atoms with Gasteiger partial charge in [-0.2, -0.15) is 0 Å². The van der Waals surface area contributed by atoms with Gasteiger partial charge in [-0.1, -0.05) is 24.3 Å². The Morgan fingerprint density at radius 1 is 1.12 bits per heavy atom. The minimum absolute atomic E-state index is 0.155. The monoisotopic (exact) mass is 358 g/mol. The fourth-order valence-electron chi connectivity index (χ4n) is 2.34. The predicted octanol–water partition coefficient (Wildman–Crippen LogP) is 3.85. The molecule has 6 nitrogen and oxygen atoms in total. The first-order valence-electron chi connectivity index (χ1n) is 7.77. The van der Waals surface area contributed by atoms with Crippen LogP contribution in [0.2, 0.25) is 0 Å². The summed E-state index contributed by atoms with van der Waals surface area (Å²) in [5, 5.41) is 0. The van der Waals surface area contributed by atoms with Crippen LogP contribution in [0.4, 0.5) is 5.69 Å². The maximum Gasteiger partial charge on any atom is 0.262 e. The van der Waals surface area contributed by atoms with Crippen LogP contribution in [-0.4, -0.2) is 20.0 Å². The molecule has 25 heavy (non-hydrogen) atoms. The van der Waals surface area contributed by atoms with Gasteiger partial charge in [-0.05, 0) is 31.2 Å². The molecule has 7 heteroatoms. The van der Waals surface area contributed by atoms with E-state index in [1.807, 2.05) is 6.92 Å². The molecule has 0 bridgehead atoms. The van der Waals surface area contributed by atoms with Gasteiger partial charge in [0.25, 0.3) is 10.0 Å². The summed E-state index contributed by atoms with van der Waals surface area (Å²) in [5.74, 6) is 1.05. The third-order valence-electron chi connectivity index (χ3n) is 3.51. The van der Waals surface area contributed by atoms with Crippen molar-refractivity contribution in [3.63, 3.8) is 0 Å². The zero-order valence-electron chi connectivity index (χ0n) is 13.9. The van der Waals surface area contributed by atoms with Crippen LogP contribution in [0.1, 0.15) is 12.8 Å². The minimum atomic E-state index is -3.72. The van der Waals surface area contributed by atoms with Gasteiger partial charge in [0.1, 0.15) is 17.7 Å². The van der Waals surface area contributed by atoms with Crippen molar-refractivity contribution in [2.45, 2.75) is 18.7 Å². The molecule has 1 heterocycles. The van der Waals surface area contributed by atoms with E-state index < -0.39 is 10.0 Å². The molecule has 3 rings (SSSR count). The Morgan fingerprint density at radius 3 is 2.48 bits per heavy atom. The molecule has 3 aromatic rings. The lowest BCUT2D eigenvalue weighted by atomic mass is 10.2. The summed E-state index contributed by atoms with van der Waals surface area (Å²) in [4.78, 5) is 4.38. The van der Waals surface area contributed by atoms with Crippen molar-refractivity contribution in [2.24, 2.45) is 0 Å². The number of aromatic nitrogens is 1. The Balaban J connectivity index is 1.85. The molecule has 1 aromatic heterocycles. The number of para-hydroxylation sites is 2. The highest BCUT2D eigenvalue weighted by Crippen LogP contribution is 2.27. The quantitative estimate of drug-likeness (QED) is 0.724. The molecule has 0 radical (unpaired) electrons. The van der Waals surface area contributed by atoms with Crippen molar-refractivity contribution < 1.29 is 17.6 Å².